The summed E-state index contributed by atoms with van der Waals surface area (Å²) in [6.45, 7) is 2.83. The lowest BCUT2D eigenvalue weighted by Crippen LogP contribution is -2.26. The highest BCUT2D eigenvalue weighted by molar-refractivity contribution is 7.98. The van der Waals surface area contributed by atoms with Gasteiger partial charge in [0.2, 0.25) is 5.91 Å². The van der Waals surface area contributed by atoms with Crippen molar-refractivity contribution in [2.24, 2.45) is 5.92 Å². The number of nitrogens with zero attached hydrogens (tertiary/aromatic N) is 1. The molecule has 1 amide bonds. The van der Waals surface area contributed by atoms with Crippen LogP contribution in [0.2, 0.25) is 0 Å². The Hall–Kier alpha value is -1.27. The van der Waals surface area contributed by atoms with Crippen molar-refractivity contribution in [1.29, 1.82) is 0 Å². The molecule has 2 rings (SSSR count). The van der Waals surface area contributed by atoms with Crippen molar-refractivity contribution in [2.75, 3.05) is 42.7 Å². The molecule has 0 spiro atoms. The van der Waals surface area contributed by atoms with Gasteiger partial charge < -0.3 is 16.0 Å². The molecule has 4 nitrogen and oxygen atoms in total. The number of hydrogen-bond donors (Lipinski definition) is 2. The Labute approximate surface area is 129 Å². The van der Waals surface area contributed by atoms with Gasteiger partial charge in [-0.05, 0) is 49.1 Å². The number of halogens is 1. The molecule has 0 radical (unpaired) electrons. The molecule has 1 fully saturated rings. The molecule has 0 aromatic heterocycles. The second-order valence-corrected chi connectivity index (χ2v) is 6.36. The van der Waals surface area contributed by atoms with Gasteiger partial charge in [0, 0.05) is 25.2 Å². The van der Waals surface area contributed by atoms with Gasteiger partial charge in [0.25, 0.3) is 0 Å². The summed E-state index contributed by atoms with van der Waals surface area (Å²) in [5.41, 5.74) is 6.18. The molecule has 1 unspecified atom stereocenters. The van der Waals surface area contributed by atoms with Gasteiger partial charge >= 0.3 is 0 Å². The molecule has 1 aromatic rings. The summed E-state index contributed by atoms with van der Waals surface area (Å²) in [4.78, 5) is 14.2. The van der Waals surface area contributed by atoms with Crippen molar-refractivity contribution in [1.82, 2.24) is 4.90 Å². The van der Waals surface area contributed by atoms with Crippen LogP contribution in [-0.2, 0) is 4.79 Å². The number of amides is 1. The lowest BCUT2D eigenvalue weighted by Gasteiger charge is -2.15. The number of hydrogen-bond acceptors (Lipinski definition) is 4. The van der Waals surface area contributed by atoms with E-state index in [1.54, 1.807) is 0 Å². The number of anilines is 2. The highest BCUT2D eigenvalue weighted by atomic mass is 32.2. The van der Waals surface area contributed by atoms with Gasteiger partial charge in [0.1, 0.15) is 5.82 Å². The van der Waals surface area contributed by atoms with Crippen molar-refractivity contribution in [3.63, 3.8) is 0 Å². The molecular weight excluding hydrogens is 289 g/mol. The van der Waals surface area contributed by atoms with Gasteiger partial charge in [-0.3, -0.25) is 4.79 Å². The zero-order chi connectivity index (χ0) is 15.2. The van der Waals surface area contributed by atoms with Gasteiger partial charge in [0.05, 0.1) is 5.69 Å². The van der Waals surface area contributed by atoms with Crippen LogP contribution in [0.15, 0.2) is 18.2 Å². The molecule has 0 saturated carbocycles. The fraction of sp³-hybridized carbons (Fsp3) is 0.533. The number of nitrogens with one attached hydrogen (secondary N) is 1. The standard InChI is InChI=1S/C15H22FN3OS/c1-21-10-11-4-6-19(9-11)7-5-15(20)18-14-8-12(17)2-3-13(14)16/h2-3,8,11H,4-7,9-10,17H2,1H3,(H,18,20). The number of carbonyl (C=O) groups is 1. The second kappa shape index (κ2) is 7.66. The molecule has 1 aliphatic heterocycles. The Morgan fingerprint density at radius 1 is 1.57 bits per heavy atom. The van der Waals surface area contributed by atoms with Crippen molar-refractivity contribution >= 4 is 29.0 Å². The molecule has 0 bridgehead atoms. The summed E-state index contributed by atoms with van der Waals surface area (Å²) in [6.07, 6.45) is 3.70. The maximum atomic E-state index is 13.5. The van der Waals surface area contributed by atoms with Crippen LogP contribution < -0.4 is 11.1 Å². The van der Waals surface area contributed by atoms with Crippen LogP contribution in [0, 0.1) is 11.7 Å². The normalized spacial score (nSPS) is 18.9. The highest BCUT2D eigenvalue weighted by Crippen LogP contribution is 2.20. The monoisotopic (exact) mass is 311 g/mol. The van der Waals surface area contributed by atoms with Crippen molar-refractivity contribution in [3.8, 4) is 0 Å². The molecular formula is C15H22FN3OS. The number of thioether (sulfide) groups is 1. The summed E-state index contributed by atoms with van der Waals surface area (Å²) in [7, 11) is 0. The molecule has 0 aliphatic carbocycles. The fourth-order valence-corrected chi connectivity index (χ4v) is 3.34. The summed E-state index contributed by atoms with van der Waals surface area (Å²) in [6, 6.07) is 4.18. The number of likely N-dealkylation sites (tertiary alicyclic amines) is 1. The Kier molecular flexibility index (Phi) is 5.87. The van der Waals surface area contributed by atoms with E-state index in [1.165, 1.54) is 30.4 Å². The molecule has 1 atom stereocenters. The minimum absolute atomic E-state index is 0.154. The molecule has 116 valence electrons. The van der Waals surface area contributed by atoms with Crippen LogP contribution in [0.5, 0.6) is 0 Å². The number of nitrogens with two attached hydrogens (primary N) is 1. The van der Waals surface area contributed by atoms with Gasteiger partial charge in [-0.1, -0.05) is 0 Å². The third kappa shape index (κ3) is 4.89. The zero-order valence-corrected chi connectivity index (χ0v) is 13.1. The van der Waals surface area contributed by atoms with E-state index in [-0.39, 0.29) is 11.6 Å². The van der Waals surface area contributed by atoms with Gasteiger partial charge in [-0.25, -0.2) is 4.39 Å². The number of rotatable bonds is 6. The van der Waals surface area contributed by atoms with Crippen LogP contribution in [0.1, 0.15) is 12.8 Å². The number of carbonyl (C=O) groups excluding carboxylic acids is 1. The van der Waals surface area contributed by atoms with Gasteiger partial charge in [0.15, 0.2) is 0 Å². The summed E-state index contributed by atoms with van der Waals surface area (Å²) in [5.74, 6) is 1.28. The van der Waals surface area contributed by atoms with Gasteiger partial charge in [-0.15, -0.1) is 0 Å². The minimum atomic E-state index is -0.459. The number of nitrogen functional groups attached to an aromatic ring is 1. The van der Waals surface area contributed by atoms with Crippen LogP contribution >= 0.6 is 11.8 Å². The molecule has 21 heavy (non-hydrogen) atoms. The maximum Gasteiger partial charge on any atom is 0.225 e. The summed E-state index contributed by atoms with van der Waals surface area (Å²) < 4.78 is 13.5. The number of benzene rings is 1. The zero-order valence-electron chi connectivity index (χ0n) is 12.3. The van der Waals surface area contributed by atoms with Crippen LogP contribution in [0.4, 0.5) is 15.8 Å². The summed E-state index contributed by atoms with van der Waals surface area (Å²) in [5, 5.41) is 2.59. The first-order chi connectivity index (χ1) is 10.1. The van der Waals surface area contributed by atoms with Crippen molar-refractivity contribution < 1.29 is 9.18 Å². The molecule has 6 heteroatoms. The summed E-state index contributed by atoms with van der Waals surface area (Å²) >= 11 is 1.87. The van der Waals surface area contributed by atoms with E-state index in [4.69, 9.17) is 5.73 Å². The predicted octanol–water partition coefficient (Wildman–Crippen LogP) is 2.42. The lowest BCUT2D eigenvalue weighted by atomic mass is 10.2. The third-order valence-electron chi connectivity index (χ3n) is 3.69. The van der Waals surface area contributed by atoms with Gasteiger partial charge in [-0.2, -0.15) is 11.8 Å². The molecule has 1 saturated heterocycles. The highest BCUT2D eigenvalue weighted by Gasteiger charge is 2.22. The Balaban J connectivity index is 1.76. The predicted molar refractivity (Wildman–Crippen MR) is 87.0 cm³/mol. The molecule has 3 N–H and O–H groups in total. The SMILES string of the molecule is CSCC1CCN(CCC(=O)Nc2cc(N)ccc2F)C1. The van der Waals surface area contributed by atoms with Crippen LogP contribution in [-0.4, -0.2) is 42.4 Å². The average Bonchev–Trinajstić information content (AvgIpc) is 2.89. The van der Waals surface area contributed by atoms with E-state index in [0.717, 1.165) is 25.6 Å². The van der Waals surface area contributed by atoms with E-state index in [2.05, 4.69) is 16.5 Å². The second-order valence-electron chi connectivity index (χ2n) is 5.45. The first-order valence-electron chi connectivity index (χ1n) is 7.14. The minimum Gasteiger partial charge on any atom is -0.399 e. The first-order valence-corrected chi connectivity index (χ1v) is 8.54. The van der Waals surface area contributed by atoms with Crippen LogP contribution in [0.25, 0.3) is 0 Å². The average molecular weight is 311 g/mol. The first kappa shape index (κ1) is 16.1. The van der Waals surface area contributed by atoms with E-state index < -0.39 is 5.82 Å². The molecule has 1 heterocycles. The van der Waals surface area contributed by atoms with E-state index in [0.29, 0.717) is 12.1 Å². The molecule has 1 aliphatic rings. The van der Waals surface area contributed by atoms with E-state index in [9.17, 15) is 9.18 Å². The fourth-order valence-electron chi connectivity index (χ4n) is 2.60. The Morgan fingerprint density at radius 3 is 3.14 bits per heavy atom. The largest absolute Gasteiger partial charge is 0.399 e. The molecule has 1 aromatic carbocycles. The topological polar surface area (TPSA) is 58.4 Å². The third-order valence-corrected chi connectivity index (χ3v) is 4.50. The van der Waals surface area contributed by atoms with Crippen LogP contribution in [0.3, 0.4) is 0 Å². The van der Waals surface area contributed by atoms with E-state index >= 15 is 0 Å². The smallest absolute Gasteiger partial charge is 0.225 e. The Morgan fingerprint density at radius 2 is 2.38 bits per heavy atom. The Bertz CT molecular complexity index is 498. The maximum absolute atomic E-state index is 13.5. The lowest BCUT2D eigenvalue weighted by molar-refractivity contribution is -0.116. The quantitative estimate of drug-likeness (QED) is 0.792. The van der Waals surface area contributed by atoms with Crippen molar-refractivity contribution in [2.45, 2.75) is 12.8 Å². The van der Waals surface area contributed by atoms with E-state index in [1.807, 2.05) is 11.8 Å². The van der Waals surface area contributed by atoms with Crippen molar-refractivity contribution in [3.05, 3.63) is 24.0 Å².